The molecule has 94 valence electrons. The van der Waals surface area contributed by atoms with E-state index in [9.17, 15) is 0 Å². The van der Waals surface area contributed by atoms with Crippen LogP contribution in [-0.2, 0) is 0 Å². The van der Waals surface area contributed by atoms with Crippen LogP contribution in [0.15, 0.2) is 18.2 Å². The Bertz CT molecular complexity index is 408. The predicted molar refractivity (Wildman–Crippen MR) is 74.7 cm³/mol. The van der Waals surface area contributed by atoms with Crippen LogP contribution in [0.2, 0.25) is 0 Å². The lowest BCUT2D eigenvalue weighted by Gasteiger charge is -2.14. The highest BCUT2D eigenvalue weighted by atomic mass is 16.5. The van der Waals surface area contributed by atoms with Crippen LogP contribution in [-0.4, -0.2) is 20.7 Å². The minimum atomic E-state index is 1.00. The van der Waals surface area contributed by atoms with E-state index in [0.717, 1.165) is 18.7 Å². The molecule has 0 unspecified atom stereocenters. The molecule has 1 N–H and O–H groups in total. The van der Waals surface area contributed by atoms with E-state index in [1.54, 1.807) is 7.11 Å². The lowest BCUT2D eigenvalue weighted by atomic mass is 9.99. The standard InChI is InChI=1S/C15H23NO/c1-11-8-9-14(15(17-5)13(11)3)12(2)7-6-10-16-4/h7-9,16H,6,10H2,1-5H3/b12-7-. The molecule has 1 aromatic carbocycles. The van der Waals surface area contributed by atoms with Crippen LogP contribution in [0.3, 0.4) is 0 Å². The van der Waals surface area contributed by atoms with E-state index in [0.29, 0.717) is 0 Å². The molecule has 0 aliphatic heterocycles. The molecular weight excluding hydrogens is 210 g/mol. The predicted octanol–water partition coefficient (Wildman–Crippen LogP) is 3.32. The highest BCUT2D eigenvalue weighted by Crippen LogP contribution is 2.31. The Morgan fingerprint density at radius 1 is 1.35 bits per heavy atom. The van der Waals surface area contributed by atoms with Crippen molar-refractivity contribution in [2.45, 2.75) is 27.2 Å². The van der Waals surface area contributed by atoms with Crippen molar-refractivity contribution in [2.24, 2.45) is 0 Å². The summed E-state index contributed by atoms with van der Waals surface area (Å²) in [6, 6.07) is 4.30. The number of benzene rings is 1. The number of hydrogen-bond acceptors (Lipinski definition) is 2. The van der Waals surface area contributed by atoms with Crippen molar-refractivity contribution in [1.82, 2.24) is 5.32 Å². The van der Waals surface area contributed by atoms with Gasteiger partial charge in [-0.2, -0.15) is 0 Å². The van der Waals surface area contributed by atoms with Gasteiger partial charge in [0, 0.05) is 5.56 Å². The fourth-order valence-electron chi connectivity index (χ4n) is 1.91. The second-order valence-corrected chi connectivity index (χ2v) is 4.37. The third-order valence-corrected chi connectivity index (χ3v) is 3.15. The molecule has 0 heterocycles. The molecule has 0 saturated heterocycles. The van der Waals surface area contributed by atoms with Gasteiger partial charge in [0.25, 0.3) is 0 Å². The number of rotatable bonds is 5. The van der Waals surface area contributed by atoms with Crippen molar-refractivity contribution in [1.29, 1.82) is 0 Å². The van der Waals surface area contributed by atoms with E-state index in [1.807, 2.05) is 7.05 Å². The van der Waals surface area contributed by atoms with E-state index in [4.69, 9.17) is 4.74 Å². The van der Waals surface area contributed by atoms with Gasteiger partial charge in [0.15, 0.2) is 0 Å². The number of aryl methyl sites for hydroxylation is 1. The van der Waals surface area contributed by atoms with Crippen LogP contribution in [0.1, 0.15) is 30.0 Å². The number of hydrogen-bond donors (Lipinski definition) is 1. The van der Waals surface area contributed by atoms with Crippen LogP contribution in [0.4, 0.5) is 0 Å². The molecule has 0 aromatic heterocycles. The van der Waals surface area contributed by atoms with Gasteiger partial charge in [0.2, 0.25) is 0 Å². The summed E-state index contributed by atoms with van der Waals surface area (Å²) in [5.41, 5.74) is 4.98. The zero-order valence-electron chi connectivity index (χ0n) is 11.6. The van der Waals surface area contributed by atoms with Crippen LogP contribution < -0.4 is 10.1 Å². The topological polar surface area (TPSA) is 21.3 Å². The number of allylic oxidation sites excluding steroid dienone is 1. The maximum Gasteiger partial charge on any atom is 0.129 e. The van der Waals surface area contributed by atoms with E-state index in [-0.39, 0.29) is 0 Å². The first kappa shape index (κ1) is 13.8. The molecule has 0 atom stereocenters. The zero-order chi connectivity index (χ0) is 12.8. The third-order valence-electron chi connectivity index (χ3n) is 3.15. The summed E-state index contributed by atoms with van der Waals surface area (Å²) >= 11 is 0. The first-order valence-electron chi connectivity index (χ1n) is 6.07. The lowest BCUT2D eigenvalue weighted by Crippen LogP contribution is -2.06. The van der Waals surface area contributed by atoms with Gasteiger partial charge in [-0.15, -0.1) is 0 Å². The van der Waals surface area contributed by atoms with E-state index in [1.165, 1.54) is 22.3 Å². The monoisotopic (exact) mass is 233 g/mol. The lowest BCUT2D eigenvalue weighted by molar-refractivity contribution is 0.410. The van der Waals surface area contributed by atoms with Gasteiger partial charge in [-0.3, -0.25) is 0 Å². The van der Waals surface area contributed by atoms with E-state index in [2.05, 4.69) is 44.3 Å². The molecule has 0 spiro atoms. The molecule has 0 fully saturated rings. The van der Waals surface area contributed by atoms with E-state index >= 15 is 0 Å². The second kappa shape index (κ2) is 6.45. The minimum Gasteiger partial charge on any atom is -0.496 e. The Hall–Kier alpha value is -1.28. The smallest absolute Gasteiger partial charge is 0.129 e. The van der Waals surface area contributed by atoms with Gasteiger partial charge in [-0.1, -0.05) is 18.2 Å². The van der Waals surface area contributed by atoms with E-state index < -0.39 is 0 Å². The average Bonchev–Trinajstić information content (AvgIpc) is 2.32. The Morgan fingerprint density at radius 2 is 2.06 bits per heavy atom. The average molecular weight is 233 g/mol. The van der Waals surface area contributed by atoms with Gasteiger partial charge in [-0.25, -0.2) is 0 Å². The molecule has 17 heavy (non-hydrogen) atoms. The number of ether oxygens (including phenoxy) is 1. The van der Waals surface area contributed by atoms with Crippen LogP contribution >= 0.6 is 0 Å². The largest absolute Gasteiger partial charge is 0.496 e. The normalized spacial score (nSPS) is 11.7. The molecule has 0 bridgehead atoms. The molecule has 1 aromatic rings. The van der Waals surface area contributed by atoms with Crippen LogP contribution in [0.5, 0.6) is 5.75 Å². The Morgan fingerprint density at radius 3 is 2.65 bits per heavy atom. The molecular formula is C15H23NO. The van der Waals surface area contributed by atoms with Crippen molar-refractivity contribution < 1.29 is 4.74 Å². The quantitative estimate of drug-likeness (QED) is 0.788. The maximum atomic E-state index is 5.53. The maximum absolute atomic E-state index is 5.53. The molecule has 0 radical (unpaired) electrons. The van der Waals surface area contributed by atoms with Gasteiger partial charge in [0.1, 0.15) is 5.75 Å². The molecule has 2 nitrogen and oxygen atoms in total. The fraction of sp³-hybridized carbons (Fsp3) is 0.467. The number of nitrogens with one attached hydrogen (secondary N) is 1. The van der Waals surface area contributed by atoms with Crippen molar-refractivity contribution in [3.05, 3.63) is 34.9 Å². The SMILES string of the molecule is CNCC/C=C(/C)c1ccc(C)c(C)c1OC. The second-order valence-electron chi connectivity index (χ2n) is 4.37. The van der Waals surface area contributed by atoms with Crippen LogP contribution in [0.25, 0.3) is 5.57 Å². The molecule has 0 amide bonds. The fourth-order valence-corrected chi connectivity index (χ4v) is 1.91. The van der Waals surface area contributed by atoms with Crippen molar-refractivity contribution in [3.8, 4) is 5.75 Å². The highest BCUT2D eigenvalue weighted by Gasteiger charge is 2.09. The van der Waals surface area contributed by atoms with Crippen molar-refractivity contribution in [3.63, 3.8) is 0 Å². The summed E-state index contributed by atoms with van der Waals surface area (Å²) in [6.07, 6.45) is 3.29. The van der Waals surface area contributed by atoms with Gasteiger partial charge < -0.3 is 10.1 Å². The molecule has 0 aliphatic carbocycles. The van der Waals surface area contributed by atoms with Crippen molar-refractivity contribution in [2.75, 3.05) is 20.7 Å². The Kier molecular flexibility index (Phi) is 5.23. The molecule has 1 rings (SSSR count). The molecule has 0 saturated carbocycles. The van der Waals surface area contributed by atoms with Gasteiger partial charge >= 0.3 is 0 Å². The van der Waals surface area contributed by atoms with Crippen LogP contribution in [0, 0.1) is 13.8 Å². The summed E-state index contributed by atoms with van der Waals surface area (Å²) in [5.74, 6) is 1.00. The first-order valence-corrected chi connectivity index (χ1v) is 6.07. The summed E-state index contributed by atoms with van der Waals surface area (Å²) in [7, 11) is 3.71. The Labute approximate surface area is 105 Å². The molecule has 2 heteroatoms. The zero-order valence-corrected chi connectivity index (χ0v) is 11.6. The summed E-state index contributed by atoms with van der Waals surface area (Å²) in [5, 5.41) is 3.15. The summed E-state index contributed by atoms with van der Waals surface area (Å²) < 4.78 is 5.53. The van der Waals surface area contributed by atoms with Crippen molar-refractivity contribution >= 4 is 5.57 Å². The highest BCUT2D eigenvalue weighted by molar-refractivity contribution is 5.71. The summed E-state index contributed by atoms with van der Waals surface area (Å²) in [6.45, 7) is 7.37. The number of methoxy groups -OCH3 is 1. The third kappa shape index (κ3) is 3.34. The van der Waals surface area contributed by atoms with Gasteiger partial charge in [-0.05, 0) is 57.5 Å². The minimum absolute atomic E-state index is 1.00. The summed E-state index contributed by atoms with van der Waals surface area (Å²) in [4.78, 5) is 0. The molecule has 0 aliphatic rings. The Balaban J connectivity index is 3.05. The first-order chi connectivity index (χ1) is 8.11. The van der Waals surface area contributed by atoms with Gasteiger partial charge in [0.05, 0.1) is 7.11 Å².